The van der Waals surface area contributed by atoms with Crippen LogP contribution >= 0.6 is 11.8 Å². The van der Waals surface area contributed by atoms with E-state index in [-0.39, 0.29) is 35.0 Å². The Balaban J connectivity index is 1.68. The number of esters is 1. The van der Waals surface area contributed by atoms with Crippen molar-refractivity contribution in [2.45, 2.75) is 31.9 Å². The number of rotatable bonds is 5. The van der Waals surface area contributed by atoms with Gasteiger partial charge in [-0.2, -0.15) is 0 Å². The molecule has 2 aliphatic rings. The Kier molecular flexibility index (Phi) is 4.68. The molecule has 136 valence electrons. The largest absolute Gasteiger partial charge is 0.510 e. The zero-order chi connectivity index (χ0) is 19.0. The summed E-state index contributed by atoms with van der Waals surface area (Å²) < 4.78 is 5.17. The van der Waals surface area contributed by atoms with Crippen LogP contribution in [0.5, 0.6) is 0 Å². The zero-order valence-electron chi connectivity index (χ0n) is 13.9. The van der Waals surface area contributed by atoms with Gasteiger partial charge in [-0.1, -0.05) is 11.8 Å². The highest BCUT2D eigenvalue weighted by molar-refractivity contribution is 8.14. The number of benzene rings is 1. The summed E-state index contributed by atoms with van der Waals surface area (Å²) in [7, 11) is 0. The molecule has 0 bridgehead atoms. The van der Waals surface area contributed by atoms with Gasteiger partial charge in [0, 0.05) is 12.1 Å². The van der Waals surface area contributed by atoms with Crippen LogP contribution in [-0.4, -0.2) is 43.3 Å². The van der Waals surface area contributed by atoms with Crippen LogP contribution in [0.4, 0.5) is 5.69 Å². The summed E-state index contributed by atoms with van der Waals surface area (Å²) >= 11 is 1.35. The van der Waals surface area contributed by atoms with E-state index in [0.29, 0.717) is 5.56 Å². The number of likely N-dealkylation sites (tertiary alicyclic amines) is 1. The number of nitrogens with zero attached hydrogens (tertiary/aromatic N) is 3. The number of β-lactam (4-membered cyclic amide) rings is 1. The Morgan fingerprint density at radius 3 is 2.65 bits per heavy atom. The summed E-state index contributed by atoms with van der Waals surface area (Å²) in [6.07, 6.45) is 0. The normalized spacial score (nSPS) is 22.2. The molecule has 0 spiro atoms. The number of nitro groups is 1. The van der Waals surface area contributed by atoms with Crippen molar-refractivity contribution in [3.63, 3.8) is 0 Å². The molecule has 1 aromatic carbocycles. The van der Waals surface area contributed by atoms with Gasteiger partial charge in [0.05, 0.1) is 9.97 Å². The molecule has 0 aliphatic carbocycles. The molecule has 2 unspecified atom stereocenters. The number of amides is 1. The second-order valence-electron chi connectivity index (χ2n) is 5.74. The number of hydrogen-bond acceptors (Lipinski definition) is 8. The Morgan fingerprint density at radius 1 is 1.42 bits per heavy atom. The minimum absolute atomic E-state index is 0.0716. The molecule has 3 rings (SSSR count). The lowest BCUT2D eigenvalue weighted by atomic mass is 10.1. The van der Waals surface area contributed by atoms with E-state index in [9.17, 15) is 24.8 Å². The summed E-state index contributed by atoms with van der Waals surface area (Å²) in [5.74, 6) is -1.54. The van der Waals surface area contributed by atoms with Crippen LogP contribution in [0.25, 0.3) is 0 Å². The quantitative estimate of drug-likeness (QED) is 0.208. The number of hydrogen-bond donors (Lipinski definition) is 1. The Morgan fingerprint density at radius 2 is 2.08 bits per heavy atom. The molecule has 1 amide bonds. The zero-order valence-corrected chi connectivity index (χ0v) is 14.7. The van der Waals surface area contributed by atoms with Crippen LogP contribution in [0, 0.1) is 10.1 Å². The van der Waals surface area contributed by atoms with E-state index in [0.717, 1.165) is 5.04 Å². The molecule has 1 aromatic rings. The topological polar surface area (TPSA) is 122 Å². The highest BCUT2D eigenvalue weighted by atomic mass is 32.2. The molecule has 26 heavy (non-hydrogen) atoms. The molecule has 2 atom stereocenters. The number of carbonyl (C=O) groups is 2. The summed E-state index contributed by atoms with van der Waals surface area (Å²) in [6.45, 7) is 2.93. The monoisotopic (exact) mass is 377 g/mol. The third kappa shape index (κ3) is 3.15. The first-order valence-electron chi connectivity index (χ1n) is 7.64. The maximum Gasteiger partial charge on any atom is 0.358 e. The number of aliphatic hydroxyl groups is 1. The van der Waals surface area contributed by atoms with E-state index < -0.39 is 16.9 Å². The SMILES string of the molecule is CC1=NC2C(=O)N(C(C(=O)OCc3ccc([N+](=O)[O-])cc3)=C(C)O)C2S1. The first-order chi connectivity index (χ1) is 12.3. The number of ether oxygens (including phenoxy) is 1. The van der Waals surface area contributed by atoms with Gasteiger partial charge in [0.2, 0.25) is 0 Å². The fourth-order valence-electron chi connectivity index (χ4n) is 2.68. The summed E-state index contributed by atoms with van der Waals surface area (Å²) in [5, 5.41) is 20.9. The fourth-order valence-corrected chi connectivity index (χ4v) is 3.82. The summed E-state index contributed by atoms with van der Waals surface area (Å²) in [6, 6.07) is 5.01. The van der Waals surface area contributed by atoms with Gasteiger partial charge in [-0.3, -0.25) is 24.8 Å². The van der Waals surface area contributed by atoms with Gasteiger partial charge < -0.3 is 9.84 Å². The predicted molar refractivity (Wildman–Crippen MR) is 93.3 cm³/mol. The third-order valence-electron chi connectivity index (χ3n) is 3.92. The number of non-ortho nitro benzene ring substituents is 1. The molecule has 0 radical (unpaired) electrons. The molecular formula is C16H15N3O6S. The third-order valence-corrected chi connectivity index (χ3v) is 5.08. The van der Waals surface area contributed by atoms with Gasteiger partial charge in [-0.05, 0) is 31.5 Å². The Bertz CT molecular complexity index is 844. The van der Waals surface area contributed by atoms with Crippen molar-refractivity contribution in [1.82, 2.24) is 4.90 Å². The van der Waals surface area contributed by atoms with Gasteiger partial charge in [-0.25, -0.2) is 4.79 Å². The lowest BCUT2D eigenvalue weighted by Crippen LogP contribution is -2.61. The van der Waals surface area contributed by atoms with Crippen molar-refractivity contribution < 1.29 is 24.4 Å². The van der Waals surface area contributed by atoms with Gasteiger partial charge in [-0.15, -0.1) is 0 Å². The van der Waals surface area contributed by atoms with Gasteiger partial charge in [0.15, 0.2) is 11.7 Å². The average molecular weight is 377 g/mol. The Hall–Kier alpha value is -2.88. The van der Waals surface area contributed by atoms with Crippen LogP contribution in [-0.2, 0) is 20.9 Å². The van der Waals surface area contributed by atoms with Crippen molar-refractivity contribution in [2.24, 2.45) is 4.99 Å². The average Bonchev–Trinajstić information content (AvgIpc) is 2.94. The number of aliphatic hydroxyl groups excluding tert-OH is 1. The van der Waals surface area contributed by atoms with Gasteiger partial charge in [0.25, 0.3) is 11.6 Å². The van der Waals surface area contributed by atoms with E-state index in [2.05, 4.69) is 4.99 Å². The van der Waals surface area contributed by atoms with Crippen LogP contribution in [0.15, 0.2) is 40.7 Å². The van der Waals surface area contributed by atoms with Crippen LogP contribution in [0.2, 0.25) is 0 Å². The first kappa shape index (κ1) is 17.9. The molecule has 2 heterocycles. The molecule has 2 aliphatic heterocycles. The highest BCUT2D eigenvalue weighted by Gasteiger charge is 2.54. The van der Waals surface area contributed by atoms with Crippen molar-refractivity contribution in [1.29, 1.82) is 0 Å². The second kappa shape index (κ2) is 6.79. The molecule has 1 N–H and O–H groups in total. The van der Waals surface area contributed by atoms with E-state index in [4.69, 9.17) is 4.74 Å². The number of thioether (sulfide) groups is 1. The molecule has 1 fully saturated rings. The van der Waals surface area contributed by atoms with E-state index in [1.165, 1.54) is 47.9 Å². The summed E-state index contributed by atoms with van der Waals surface area (Å²) in [5.41, 5.74) is 0.259. The molecule has 0 saturated carbocycles. The number of nitro benzene ring substituents is 1. The molecule has 1 saturated heterocycles. The highest BCUT2D eigenvalue weighted by Crippen LogP contribution is 2.41. The van der Waals surface area contributed by atoms with Gasteiger partial charge in [0.1, 0.15) is 17.7 Å². The molecular weight excluding hydrogens is 362 g/mol. The van der Waals surface area contributed by atoms with Crippen molar-refractivity contribution in [3.05, 3.63) is 51.4 Å². The van der Waals surface area contributed by atoms with Crippen molar-refractivity contribution >= 4 is 34.4 Å². The van der Waals surface area contributed by atoms with E-state index >= 15 is 0 Å². The second-order valence-corrected chi connectivity index (χ2v) is 7.05. The maximum absolute atomic E-state index is 12.4. The van der Waals surface area contributed by atoms with E-state index in [1.54, 1.807) is 6.92 Å². The minimum Gasteiger partial charge on any atom is -0.510 e. The van der Waals surface area contributed by atoms with Crippen LogP contribution < -0.4 is 0 Å². The number of aliphatic imine (C=N–C) groups is 1. The van der Waals surface area contributed by atoms with E-state index in [1.807, 2.05) is 0 Å². The predicted octanol–water partition coefficient (Wildman–Crippen LogP) is 2.13. The molecule has 9 nitrogen and oxygen atoms in total. The van der Waals surface area contributed by atoms with Crippen LogP contribution in [0.1, 0.15) is 19.4 Å². The van der Waals surface area contributed by atoms with Gasteiger partial charge >= 0.3 is 5.97 Å². The lowest BCUT2D eigenvalue weighted by Gasteiger charge is -2.41. The molecule has 0 aromatic heterocycles. The van der Waals surface area contributed by atoms with Crippen molar-refractivity contribution in [2.75, 3.05) is 0 Å². The lowest BCUT2D eigenvalue weighted by molar-refractivity contribution is -0.384. The maximum atomic E-state index is 12.4. The molecule has 10 heteroatoms. The number of fused-ring (bicyclic) bond motifs is 1. The number of carbonyl (C=O) groups excluding carboxylic acids is 2. The smallest absolute Gasteiger partial charge is 0.358 e. The minimum atomic E-state index is -0.847. The Labute approximate surface area is 152 Å². The van der Waals surface area contributed by atoms with Crippen LogP contribution in [0.3, 0.4) is 0 Å². The fraction of sp³-hybridized carbons (Fsp3) is 0.312. The van der Waals surface area contributed by atoms with Crippen molar-refractivity contribution in [3.8, 4) is 0 Å². The summed E-state index contributed by atoms with van der Waals surface area (Å²) in [4.78, 5) is 40.1. The standard InChI is InChI=1S/C16H15N3O6S/c1-8(20)13(18-14(21)12-15(18)26-9(2)17-12)16(22)25-7-10-3-5-11(6-4-10)19(23)24/h3-6,12,15,20H,7H2,1-2H3. The number of allylic oxidation sites excluding steroid dienone is 1. The first-order valence-corrected chi connectivity index (χ1v) is 8.52.